The number of aromatic nitrogens is 2. The van der Waals surface area contributed by atoms with Gasteiger partial charge >= 0.3 is 0 Å². The number of carbonyl (C=O) groups is 1. The number of carbonyl (C=O) groups excluding carboxylic acids is 1. The van der Waals surface area contributed by atoms with Gasteiger partial charge in [0.2, 0.25) is 0 Å². The van der Waals surface area contributed by atoms with Gasteiger partial charge in [-0.05, 0) is 5.56 Å². The quantitative estimate of drug-likeness (QED) is 0.707. The second-order valence-electron chi connectivity index (χ2n) is 3.16. The zero-order valence-corrected chi connectivity index (χ0v) is 8.13. The minimum Gasteiger partial charge on any atom is -0.303 e. The zero-order chi connectivity index (χ0) is 10.5. The Morgan fingerprint density at radius 3 is 2.53 bits per heavy atom. The van der Waals surface area contributed by atoms with Gasteiger partial charge in [-0.3, -0.25) is 9.97 Å². The molecule has 0 aliphatic heterocycles. The average molecular weight is 198 g/mol. The number of nitrogens with zero attached hydrogens (tertiary/aromatic N) is 2. The Labute approximate surface area is 87.8 Å². The Morgan fingerprint density at radius 1 is 1.13 bits per heavy atom. The molecule has 3 nitrogen and oxygen atoms in total. The summed E-state index contributed by atoms with van der Waals surface area (Å²) in [6, 6.07) is 7.75. The molecule has 1 aromatic heterocycles. The van der Waals surface area contributed by atoms with Crippen LogP contribution in [0.5, 0.6) is 0 Å². The smallest absolute Gasteiger partial charge is 0.124 e. The van der Waals surface area contributed by atoms with Crippen LogP contribution in [0.3, 0.4) is 0 Å². The number of hydrogen-bond acceptors (Lipinski definition) is 3. The molecule has 0 N–H and O–H groups in total. The van der Waals surface area contributed by atoms with Crippen LogP contribution in [0, 0.1) is 0 Å². The summed E-state index contributed by atoms with van der Waals surface area (Å²) >= 11 is 0. The van der Waals surface area contributed by atoms with Crippen molar-refractivity contribution in [1.29, 1.82) is 0 Å². The molecule has 0 saturated heterocycles. The van der Waals surface area contributed by atoms with Crippen LogP contribution in [0.25, 0.3) is 11.3 Å². The van der Waals surface area contributed by atoms with E-state index < -0.39 is 0 Å². The van der Waals surface area contributed by atoms with Crippen LogP contribution in [-0.4, -0.2) is 16.3 Å². The van der Waals surface area contributed by atoms with Gasteiger partial charge in [-0.2, -0.15) is 0 Å². The molecule has 0 atom stereocenters. The van der Waals surface area contributed by atoms with E-state index in [1.54, 1.807) is 18.6 Å². The van der Waals surface area contributed by atoms with Crippen LogP contribution >= 0.6 is 0 Å². The predicted octanol–water partition coefficient (Wildman–Crippen LogP) is 1.89. The van der Waals surface area contributed by atoms with Crippen LogP contribution < -0.4 is 0 Å². The summed E-state index contributed by atoms with van der Waals surface area (Å²) < 4.78 is 0. The molecule has 1 heterocycles. The normalized spacial score (nSPS) is 9.87. The summed E-state index contributed by atoms with van der Waals surface area (Å²) in [5, 5.41) is 0. The van der Waals surface area contributed by atoms with E-state index in [4.69, 9.17) is 0 Å². The molecule has 0 bridgehead atoms. The van der Waals surface area contributed by atoms with E-state index in [2.05, 4.69) is 9.97 Å². The van der Waals surface area contributed by atoms with Crippen molar-refractivity contribution in [3.05, 3.63) is 48.4 Å². The van der Waals surface area contributed by atoms with Crippen molar-refractivity contribution in [2.75, 3.05) is 0 Å². The minimum absolute atomic E-state index is 0.459. The van der Waals surface area contributed by atoms with Gasteiger partial charge in [-0.1, -0.05) is 24.3 Å². The van der Waals surface area contributed by atoms with Crippen LogP contribution in [0.1, 0.15) is 5.56 Å². The van der Waals surface area contributed by atoms with Crippen LogP contribution in [0.4, 0.5) is 0 Å². The maximum absolute atomic E-state index is 10.3. The van der Waals surface area contributed by atoms with Gasteiger partial charge in [0, 0.05) is 24.4 Å². The third-order valence-corrected chi connectivity index (χ3v) is 2.13. The lowest BCUT2D eigenvalue weighted by atomic mass is 10.1. The average Bonchev–Trinajstić information content (AvgIpc) is 2.32. The van der Waals surface area contributed by atoms with Crippen molar-refractivity contribution >= 4 is 6.29 Å². The molecular formula is C12H10N2O. The zero-order valence-electron chi connectivity index (χ0n) is 8.13. The van der Waals surface area contributed by atoms with E-state index in [1.807, 2.05) is 24.3 Å². The molecular weight excluding hydrogens is 188 g/mol. The summed E-state index contributed by atoms with van der Waals surface area (Å²) in [7, 11) is 0. The molecule has 0 spiro atoms. The summed E-state index contributed by atoms with van der Waals surface area (Å²) in [6.45, 7) is 0. The maximum atomic E-state index is 10.3. The standard InChI is InChI=1S/C12H10N2O/c15-8-5-10-1-3-11(4-2-10)12-9-13-6-7-14-12/h1-4,6-9H,5H2. The highest BCUT2D eigenvalue weighted by Crippen LogP contribution is 2.15. The first-order valence-corrected chi connectivity index (χ1v) is 4.69. The second-order valence-corrected chi connectivity index (χ2v) is 3.16. The van der Waals surface area contributed by atoms with Crippen LogP contribution in [0.2, 0.25) is 0 Å². The molecule has 0 aliphatic carbocycles. The molecule has 0 unspecified atom stereocenters. The number of benzene rings is 1. The summed E-state index contributed by atoms with van der Waals surface area (Å²) in [5.41, 5.74) is 2.87. The molecule has 0 aliphatic rings. The SMILES string of the molecule is O=CCc1ccc(-c2cnccn2)cc1. The van der Waals surface area contributed by atoms with Gasteiger partial charge in [0.25, 0.3) is 0 Å². The Balaban J connectivity index is 2.28. The summed E-state index contributed by atoms with van der Waals surface area (Å²) in [6.07, 6.45) is 6.38. The molecule has 0 saturated carbocycles. The predicted molar refractivity (Wildman–Crippen MR) is 57.2 cm³/mol. The topological polar surface area (TPSA) is 42.9 Å². The largest absolute Gasteiger partial charge is 0.303 e. The number of hydrogen-bond donors (Lipinski definition) is 0. The molecule has 1 aromatic carbocycles. The van der Waals surface area contributed by atoms with E-state index in [-0.39, 0.29) is 0 Å². The molecule has 2 aromatic rings. The molecule has 3 heteroatoms. The fourth-order valence-electron chi connectivity index (χ4n) is 1.36. The minimum atomic E-state index is 0.459. The van der Waals surface area contributed by atoms with Crippen molar-refractivity contribution in [2.45, 2.75) is 6.42 Å². The van der Waals surface area contributed by atoms with Crippen molar-refractivity contribution in [1.82, 2.24) is 9.97 Å². The number of rotatable bonds is 3. The van der Waals surface area contributed by atoms with E-state index in [9.17, 15) is 4.79 Å². The molecule has 2 rings (SSSR count). The molecule has 0 radical (unpaired) electrons. The van der Waals surface area contributed by atoms with Gasteiger partial charge in [0.15, 0.2) is 0 Å². The summed E-state index contributed by atoms with van der Waals surface area (Å²) in [5.74, 6) is 0. The number of aldehydes is 1. The molecule has 15 heavy (non-hydrogen) atoms. The van der Waals surface area contributed by atoms with Gasteiger partial charge in [0.05, 0.1) is 11.9 Å². The van der Waals surface area contributed by atoms with Gasteiger partial charge in [-0.15, -0.1) is 0 Å². The van der Waals surface area contributed by atoms with E-state index in [0.29, 0.717) is 6.42 Å². The maximum Gasteiger partial charge on any atom is 0.124 e. The van der Waals surface area contributed by atoms with Crippen molar-refractivity contribution in [3.8, 4) is 11.3 Å². The highest BCUT2D eigenvalue weighted by atomic mass is 16.1. The third kappa shape index (κ3) is 2.26. The Morgan fingerprint density at radius 2 is 1.93 bits per heavy atom. The fourth-order valence-corrected chi connectivity index (χ4v) is 1.36. The third-order valence-electron chi connectivity index (χ3n) is 2.13. The van der Waals surface area contributed by atoms with Gasteiger partial charge in [-0.25, -0.2) is 0 Å². The van der Waals surface area contributed by atoms with Crippen LogP contribution in [0.15, 0.2) is 42.9 Å². The van der Waals surface area contributed by atoms with Crippen molar-refractivity contribution in [2.24, 2.45) is 0 Å². The molecule has 0 fully saturated rings. The molecule has 0 amide bonds. The Kier molecular flexibility index (Phi) is 2.83. The van der Waals surface area contributed by atoms with E-state index >= 15 is 0 Å². The van der Waals surface area contributed by atoms with Crippen molar-refractivity contribution < 1.29 is 4.79 Å². The van der Waals surface area contributed by atoms with Gasteiger partial charge < -0.3 is 4.79 Å². The first-order chi connectivity index (χ1) is 7.40. The van der Waals surface area contributed by atoms with Gasteiger partial charge in [0.1, 0.15) is 6.29 Å². The first-order valence-electron chi connectivity index (χ1n) is 4.69. The monoisotopic (exact) mass is 198 g/mol. The summed E-state index contributed by atoms with van der Waals surface area (Å²) in [4.78, 5) is 18.5. The second kappa shape index (κ2) is 4.46. The van der Waals surface area contributed by atoms with Crippen molar-refractivity contribution in [3.63, 3.8) is 0 Å². The Hall–Kier alpha value is -2.03. The molecule has 74 valence electrons. The van der Waals surface area contributed by atoms with Crippen LogP contribution in [-0.2, 0) is 11.2 Å². The fraction of sp³-hybridized carbons (Fsp3) is 0.0833. The first kappa shape index (κ1) is 9.52. The lowest BCUT2D eigenvalue weighted by Crippen LogP contribution is -1.87. The van der Waals surface area contributed by atoms with E-state index in [0.717, 1.165) is 23.1 Å². The lowest BCUT2D eigenvalue weighted by molar-refractivity contribution is -0.107. The van der Waals surface area contributed by atoms with E-state index in [1.165, 1.54) is 0 Å². The lowest BCUT2D eigenvalue weighted by Gasteiger charge is -2.00. The Bertz CT molecular complexity index is 437. The highest BCUT2D eigenvalue weighted by Gasteiger charge is 1.98. The highest BCUT2D eigenvalue weighted by molar-refractivity contribution is 5.60.